The summed E-state index contributed by atoms with van der Waals surface area (Å²) in [6, 6.07) is 0.264. The van der Waals surface area contributed by atoms with E-state index in [0.717, 1.165) is 26.2 Å². The first-order valence-corrected chi connectivity index (χ1v) is 6.74. The summed E-state index contributed by atoms with van der Waals surface area (Å²) >= 11 is 6.06. The molecule has 11 heteroatoms. The molecule has 0 radical (unpaired) electrons. The maximum atomic E-state index is 9.75. The average molecular weight is 321 g/mol. The quantitative estimate of drug-likeness (QED) is 0.367. The van der Waals surface area contributed by atoms with Gasteiger partial charge in [-0.1, -0.05) is 4.53 Å². The molecule has 2 aliphatic heterocycles. The molecule has 0 atom stereocenters. The van der Waals surface area contributed by atoms with Crippen LogP contribution in [0.15, 0.2) is 0 Å². The van der Waals surface area contributed by atoms with Crippen LogP contribution < -0.4 is 5.73 Å². The lowest BCUT2D eigenvalue weighted by molar-refractivity contribution is -0.382. The number of hydroxylamine groups is 2. The molecule has 20 heavy (non-hydrogen) atoms. The van der Waals surface area contributed by atoms with Crippen LogP contribution in [-0.2, 0) is 0 Å². The van der Waals surface area contributed by atoms with Gasteiger partial charge in [0.25, 0.3) is 0 Å². The van der Waals surface area contributed by atoms with Crippen molar-refractivity contribution < 1.29 is 21.8 Å². The number of carbonyl (C=O) groups excluding carboxylic acids is 1. The summed E-state index contributed by atoms with van der Waals surface area (Å²) < 4.78 is 45.9. The molecule has 2 saturated heterocycles. The average Bonchev–Trinajstić information content (AvgIpc) is 2.98. The van der Waals surface area contributed by atoms with Crippen LogP contribution in [0.4, 0.5) is 21.8 Å². The predicted molar refractivity (Wildman–Crippen MR) is 69.1 cm³/mol. The van der Waals surface area contributed by atoms with Gasteiger partial charge in [-0.25, -0.2) is 0 Å². The summed E-state index contributed by atoms with van der Waals surface area (Å²) in [6.07, 6.45) is 4.67. The number of amides is 2. The second-order valence-electron chi connectivity index (χ2n) is 4.48. The number of halogens is 5. The molecule has 2 rings (SSSR count). The first-order chi connectivity index (χ1) is 9.27. The molecule has 2 aliphatic rings. The van der Waals surface area contributed by atoms with E-state index in [0.29, 0.717) is 0 Å². The van der Waals surface area contributed by atoms with E-state index in [1.807, 2.05) is 10.1 Å². The largest absolute Gasteiger partial charge is 0.673 e. The molecule has 2 N–H and O–H groups in total. The van der Waals surface area contributed by atoms with Gasteiger partial charge in [0.05, 0.1) is 0 Å². The fourth-order valence-electron chi connectivity index (χ4n) is 1.96. The monoisotopic (exact) mass is 320 g/mol. The van der Waals surface area contributed by atoms with Crippen molar-refractivity contribution in [3.8, 4) is 0 Å². The molecule has 2 fully saturated rings. The van der Waals surface area contributed by atoms with E-state index in [1.165, 1.54) is 30.2 Å². The highest BCUT2D eigenvalue weighted by atomic mass is 35.5. The highest BCUT2D eigenvalue weighted by molar-refractivity contribution is 6.50. The number of hydrogen-bond donors (Lipinski definition) is 1. The molecule has 0 aromatic heterocycles. The van der Waals surface area contributed by atoms with Gasteiger partial charge in [-0.15, -0.1) is 4.53 Å². The molecule has 5 nitrogen and oxygen atoms in total. The van der Waals surface area contributed by atoms with E-state index >= 15 is 0 Å². The van der Waals surface area contributed by atoms with Gasteiger partial charge in [0.2, 0.25) is 0 Å². The van der Waals surface area contributed by atoms with Crippen molar-refractivity contribution >= 4 is 25.1 Å². The van der Waals surface area contributed by atoms with E-state index in [-0.39, 0.29) is 6.03 Å². The lowest BCUT2D eigenvalue weighted by Crippen LogP contribution is -2.42. The second kappa shape index (κ2) is 7.77. The topological polar surface area (TPSA) is 47.0 Å². The Kier molecular flexibility index (Phi) is 6.67. The summed E-state index contributed by atoms with van der Waals surface area (Å²) in [6.45, 7) is 3.78. The summed E-state index contributed by atoms with van der Waals surface area (Å²) in [5.74, 6) is 0. The fraction of sp³-hybridized carbons (Fsp3) is 0.889. The first-order valence-electron chi connectivity index (χ1n) is 6.41. The van der Waals surface area contributed by atoms with Crippen molar-refractivity contribution in [3.63, 3.8) is 0 Å². The van der Waals surface area contributed by atoms with E-state index in [4.69, 9.17) is 22.0 Å². The van der Waals surface area contributed by atoms with Crippen molar-refractivity contribution in [1.29, 1.82) is 0 Å². The zero-order chi connectivity index (χ0) is 15.2. The molecule has 118 valence electrons. The highest BCUT2D eigenvalue weighted by Gasteiger charge is 2.30. The number of nitrogens with zero attached hydrogens (tertiary/aromatic N) is 3. The SMILES string of the molecule is F[B-](F)(F)F.NC(=[O+]N1CCCC1)N(Cl)N1CCCC1. The van der Waals surface area contributed by atoms with Crippen molar-refractivity contribution in [2.24, 2.45) is 5.73 Å². The number of hydrazine groups is 1. The minimum Gasteiger partial charge on any atom is -0.418 e. The molecule has 0 spiro atoms. The lowest BCUT2D eigenvalue weighted by Gasteiger charge is -2.18. The summed E-state index contributed by atoms with van der Waals surface area (Å²) in [5, 5.41) is 3.85. The highest BCUT2D eigenvalue weighted by Crippen LogP contribution is 2.16. The van der Waals surface area contributed by atoms with Crippen LogP contribution in [0.5, 0.6) is 0 Å². The predicted octanol–water partition coefficient (Wildman–Crippen LogP) is 2.38. The molecule has 0 bridgehead atoms. The summed E-state index contributed by atoms with van der Waals surface area (Å²) in [7, 11) is -6.00. The third kappa shape index (κ3) is 7.04. The van der Waals surface area contributed by atoms with Crippen molar-refractivity contribution in [2.75, 3.05) is 26.2 Å². The molecular formula is C9H18BClF4N4O. The van der Waals surface area contributed by atoms with E-state index in [2.05, 4.69) is 0 Å². The van der Waals surface area contributed by atoms with Crippen molar-refractivity contribution in [3.05, 3.63) is 0 Å². The van der Waals surface area contributed by atoms with Gasteiger partial charge in [0.15, 0.2) is 0 Å². The maximum Gasteiger partial charge on any atom is 0.673 e. The van der Waals surface area contributed by atoms with Crippen LogP contribution >= 0.6 is 11.8 Å². The Hall–Kier alpha value is -0.895. The van der Waals surface area contributed by atoms with Crippen LogP contribution in [0, 0.1) is 0 Å². The van der Waals surface area contributed by atoms with Gasteiger partial charge < -0.3 is 17.3 Å². The second-order valence-corrected chi connectivity index (χ2v) is 4.80. The molecule has 0 aliphatic carbocycles. The van der Waals surface area contributed by atoms with Gasteiger partial charge in [-0.2, -0.15) is 5.01 Å². The Morgan fingerprint density at radius 3 is 1.85 bits per heavy atom. The number of primary amides is 1. The number of rotatable bonds is 2. The molecule has 0 aromatic rings. The smallest absolute Gasteiger partial charge is 0.418 e. The van der Waals surface area contributed by atoms with Gasteiger partial charge in [-0.05, 0) is 30.7 Å². The zero-order valence-corrected chi connectivity index (χ0v) is 11.7. The molecule has 0 unspecified atom stereocenters. The van der Waals surface area contributed by atoms with Crippen LogP contribution in [0.1, 0.15) is 25.7 Å². The zero-order valence-electron chi connectivity index (χ0n) is 11.0. The van der Waals surface area contributed by atoms with Crippen LogP contribution in [0.25, 0.3) is 0 Å². The fourth-order valence-corrected chi connectivity index (χ4v) is 2.14. The Morgan fingerprint density at radius 1 is 1.00 bits per heavy atom. The minimum absolute atomic E-state index is 0.264. The maximum absolute atomic E-state index is 9.75. The molecule has 0 saturated carbocycles. The normalized spacial score (nSPS) is 20.9. The lowest BCUT2D eigenvalue weighted by atomic mass is 10.3. The molecular weight excluding hydrogens is 302 g/mol. The van der Waals surface area contributed by atoms with Crippen LogP contribution in [0.2, 0.25) is 0 Å². The Labute approximate surface area is 120 Å². The Balaban J connectivity index is 0.000000347. The van der Waals surface area contributed by atoms with Crippen molar-refractivity contribution in [2.45, 2.75) is 25.7 Å². The van der Waals surface area contributed by atoms with E-state index in [9.17, 15) is 17.3 Å². The van der Waals surface area contributed by atoms with E-state index in [1.54, 1.807) is 0 Å². The number of nitrogens with two attached hydrogens (primary N) is 1. The third-order valence-corrected chi connectivity index (χ3v) is 3.18. The van der Waals surface area contributed by atoms with Crippen LogP contribution in [-0.4, -0.2) is 54.1 Å². The Bertz CT molecular complexity index is 316. The van der Waals surface area contributed by atoms with Gasteiger partial charge >= 0.3 is 13.3 Å². The first kappa shape index (κ1) is 17.2. The summed E-state index contributed by atoms with van der Waals surface area (Å²) in [4.78, 5) is 0. The van der Waals surface area contributed by atoms with Crippen LogP contribution in [0.3, 0.4) is 0 Å². The standard InChI is InChI=1S/C9H18ClN4O.BF4/c10-14(12-5-1-2-6-12)9(11)15-13-7-3-4-8-13;2-1(3,4)5/h1-8,11H2;/q+1;-1. The van der Waals surface area contributed by atoms with Gasteiger partial charge in [-0.3, -0.25) is 5.73 Å². The summed E-state index contributed by atoms with van der Waals surface area (Å²) in [5.41, 5.74) is 5.78. The Morgan fingerprint density at radius 2 is 1.40 bits per heavy atom. The van der Waals surface area contributed by atoms with Crippen molar-refractivity contribution in [1.82, 2.24) is 14.6 Å². The van der Waals surface area contributed by atoms with Gasteiger partial charge in [0, 0.05) is 24.9 Å². The third-order valence-electron chi connectivity index (χ3n) is 2.80. The molecule has 2 amide bonds. The number of hydrogen-bond acceptors (Lipinski definition) is 2. The molecule has 2 heterocycles. The number of urea groups is 1. The minimum atomic E-state index is -6.00. The van der Waals surface area contributed by atoms with Gasteiger partial charge in [0.1, 0.15) is 13.1 Å². The molecule has 0 aromatic carbocycles. The van der Waals surface area contributed by atoms with E-state index < -0.39 is 7.25 Å².